The molecule has 4 rings (SSSR count). The second-order valence-electron chi connectivity index (χ2n) is 8.09. The summed E-state index contributed by atoms with van der Waals surface area (Å²) in [6.45, 7) is 3.40. The third kappa shape index (κ3) is 3.63. The molecule has 1 N–H and O–H groups in total. The van der Waals surface area contributed by atoms with Crippen LogP contribution in [0.2, 0.25) is 0 Å². The molecular formula is C20H23F2N5O. The number of hydrogen-bond acceptors (Lipinski definition) is 5. The Kier molecular flexibility index (Phi) is 4.64. The third-order valence-corrected chi connectivity index (χ3v) is 4.91. The van der Waals surface area contributed by atoms with E-state index in [0.717, 1.165) is 42.0 Å². The van der Waals surface area contributed by atoms with Crippen LogP contribution in [0.25, 0.3) is 5.65 Å². The number of benzene rings is 1. The molecule has 148 valence electrons. The van der Waals surface area contributed by atoms with Gasteiger partial charge in [0.1, 0.15) is 11.6 Å². The van der Waals surface area contributed by atoms with Gasteiger partial charge >= 0.3 is 6.61 Å². The minimum Gasteiger partial charge on any atom is -0.435 e. The Bertz CT molecular complexity index is 996. The van der Waals surface area contributed by atoms with Crippen molar-refractivity contribution >= 4 is 11.5 Å². The van der Waals surface area contributed by atoms with E-state index < -0.39 is 6.61 Å². The number of fused-ring (bicyclic) bond motifs is 2. The number of halogens is 2. The lowest BCUT2D eigenvalue weighted by molar-refractivity contribution is -0.0499. The zero-order valence-corrected chi connectivity index (χ0v) is 16.1. The lowest BCUT2D eigenvalue weighted by atomic mass is 9.87. The largest absolute Gasteiger partial charge is 0.435 e. The lowest BCUT2D eigenvalue weighted by Gasteiger charge is -2.27. The maximum atomic E-state index is 12.5. The van der Waals surface area contributed by atoms with Crippen LogP contribution in [-0.2, 0) is 11.8 Å². The zero-order valence-electron chi connectivity index (χ0n) is 16.1. The van der Waals surface area contributed by atoms with Crippen molar-refractivity contribution in [1.82, 2.24) is 19.8 Å². The number of nitrogens with zero attached hydrogens (tertiary/aromatic N) is 4. The number of aromatic nitrogens is 4. The summed E-state index contributed by atoms with van der Waals surface area (Å²) in [5.74, 6) is 1.72. The molecular weight excluding hydrogens is 364 g/mol. The average molecular weight is 387 g/mol. The van der Waals surface area contributed by atoms with Crippen LogP contribution in [0.15, 0.2) is 30.3 Å². The summed E-state index contributed by atoms with van der Waals surface area (Å²) in [4.78, 5) is 0. The first-order valence-corrected chi connectivity index (χ1v) is 9.38. The second-order valence-corrected chi connectivity index (χ2v) is 8.09. The van der Waals surface area contributed by atoms with Crippen LogP contribution < -0.4 is 10.1 Å². The van der Waals surface area contributed by atoms with Crippen LogP contribution in [0.4, 0.5) is 14.6 Å². The van der Waals surface area contributed by atoms with Crippen LogP contribution in [0, 0.1) is 0 Å². The number of ether oxygens (including phenoxy) is 1. The van der Waals surface area contributed by atoms with Gasteiger partial charge in [-0.2, -0.15) is 13.3 Å². The monoisotopic (exact) mass is 387 g/mol. The highest BCUT2D eigenvalue weighted by molar-refractivity contribution is 5.48. The van der Waals surface area contributed by atoms with Gasteiger partial charge in [-0.15, -0.1) is 15.3 Å². The Morgan fingerprint density at radius 3 is 2.75 bits per heavy atom. The first-order chi connectivity index (χ1) is 13.3. The van der Waals surface area contributed by atoms with E-state index in [9.17, 15) is 8.78 Å². The topological polar surface area (TPSA) is 64.3 Å². The summed E-state index contributed by atoms with van der Waals surface area (Å²) in [5.41, 5.74) is 2.65. The SMILES string of the molecule is CC(C)(C)c1nnc2ccc(NC3CCCc4cc(OC(F)F)ccc43)nn12. The van der Waals surface area contributed by atoms with Gasteiger partial charge in [0.15, 0.2) is 11.5 Å². The lowest BCUT2D eigenvalue weighted by Crippen LogP contribution is -2.20. The van der Waals surface area contributed by atoms with Gasteiger partial charge in [-0.1, -0.05) is 26.8 Å². The molecule has 2 heterocycles. The van der Waals surface area contributed by atoms with E-state index in [1.165, 1.54) is 0 Å². The van der Waals surface area contributed by atoms with Crippen LogP contribution in [0.3, 0.4) is 0 Å². The van der Waals surface area contributed by atoms with Crippen molar-refractivity contribution < 1.29 is 13.5 Å². The van der Waals surface area contributed by atoms with E-state index in [2.05, 4.69) is 46.1 Å². The van der Waals surface area contributed by atoms with Crippen molar-refractivity contribution in [2.24, 2.45) is 0 Å². The number of aryl methyl sites for hydroxylation is 1. The van der Waals surface area contributed by atoms with Gasteiger partial charge in [-0.25, -0.2) is 0 Å². The standard InChI is InChI=1S/C20H23F2N5O/c1-20(2,3)18-25-24-17-10-9-16(26-27(17)18)23-15-6-4-5-12-11-13(28-19(21)22)7-8-14(12)15/h7-11,15,19H,4-6H2,1-3H3,(H,23,26). The number of rotatable bonds is 4. The molecule has 0 saturated heterocycles. The molecule has 1 aliphatic rings. The maximum Gasteiger partial charge on any atom is 0.387 e. The summed E-state index contributed by atoms with van der Waals surface area (Å²) in [7, 11) is 0. The van der Waals surface area contributed by atoms with E-state index in [4.69, 9.17) is 0 Å². The van der Waals surface area contributed by atoms with Crippen LogP contribution >= 0.6 is 0 Å². The highest BCUT2D eigenvalue weighted by atomic mass is 19.3. The predicted molar refractivity (Wildman–Crippen MR) is 102 cm³/mol. The maximum absolute atomic E-state index is 12.5. The van der Waals surface area contributed by atoms with Crippen LogP contribution in [0.1, 0.15) is 56.6 Å². The number of nitrogens with one attached hydrogen (secondary N) is 1. The molecule has 0 amide bonds. The molecule has 1 unspecified atom stereocenters. The van der Waals surface area contributed by atoms with E-state index in [1.807, 2.05) is 18.2 Å². The molecule has 0 spiro atoms. The number of hydrogen-bond donors (Lipinski definition) is 1. The second kappa shape index (κ2) is 7.00. The summed E-state index contributed by atoms with van der Waals surface area (Å²) >= 11 is 0. The Balaban J connectivity index is 1.62. The molecule has 0 bridgehead atoms. The fourth-order valence-corrected chi connectivity index (χ4v) is 3.63. The normalized spacial score (nSPS) is 17.0. The molecule has 6 nitrogen and oxygen atoms in total. The molecule has 1 aliphatic carbocycles. The fraction of sp³-hybridized carbons (Fsp3) is 0.450. The zero-order chi connectivity index (χ0) is 19.9. The average Bonchev–Trinajstić information content (AvgIpc) is 3.05. The highest BCUT2D eigenvalue weighted by Gasteiger charge is 2.24. The summed E-state index contributed by atoms with van der Waals surface area (Å²) < 4.78 is 31.3. The Morgan fingerprint density at radius 1 is 1.18 bits per heavy atom. The Morgan fingerprint density at radius 2 is 2.00 bits per heavy atom. The molecule has 0 fully saturated rings. The summed E-state index contributed by atoms with van der Waals surface area (Å²) in [6.07, 6.45) is 2.75. The molecule has 1 atom stereocenters. The summed E-state index contributed by atoms with van der Waals surface area (Å²) in [6, 6.07) is 9.01. The molecule has 2 aromatic heterocycles. The van der Waals surface area contributed by atoms with Crippen molar-refractivity contribution in [3.63, 3.8) is 0 Å². The minimum absolute atomic E-state index is 0.0591. The Labute approximate surface area is 161 Å². The molecule has 3 aromatic rings. The van der Waals surface area contributed by atoms with E-state index >= 15 is 0 Å². The van der Waals surface area contributed by atoms with Crippen LogP contribution in [0.5, 0.6) is 5.75 Å². The van der Waals surface area contributed by atoms with E-state index in [-0.39, 0.29) is 17.2 Å². The minimum atomic E-state index is -2.81. The Hall–Kier alpha value is -2.77. The highest BCUT2D eigenvalue weighted by Crippen LogP contribution is 2.34. The van der Waals surface area contributed by atoms with E-state index in [1.54, 1.807) is 16.6 Å². The number of anilines is 1. The van der Waals surface area contributed by atoms with Crippen molar-refractivity contribution in [2.75, 3.05) is 5.32 Å². The molecule has 0 saturated carbocycles. The molecule has 8 heteroatoms. The first-order valence-electron chi connectivity index (χ1n) is 9.38. The molecule has 0 radical (unpaired) electrons. The van der Waals surface area contributed by atoms with Gasteiger partial charge in [0.2, 0.25) is 0 Å². The van der Waals surface area contributed by atoms with Gasteiger partial charge in [-0.3, -0.25) is 0 Å². The van der Waals surface area contributed by atoms with Crippen molar-refractivity contribution in [2.45, 2.75) is 58.1 Å². The quantitative estimate of drug-likeness (QED) is 0.713. The van der Waals surface area contributed by atoms with Gasteiger partial charge in [0, 0.05) is 5.41 Å². The molecule has 0 aliphatic heterocycles. The van der Waals surface area contributed by atoms with Crippen LogP contribution in [-0.4, -0.2) is 26.4 Å². The summed E-state index contributed by atoms with van der Waals surface area (Å²) in [5, 5.41) is 16.6. The van der Waals surface area contributed by atoms with Gasteiger partial charge in [0.05, 0.1) is 6.04 Å². The fourth-order valence-electron chi connectivity index (χ4n) is 3.63. The first kappa shape index (κ1) is 18.6. The third-order valence-electron chi connectivity index (χ3n) is 4.91. The molecule has 28 heavy (non-hydrogen) atoms. The van der Waals surface area contributed by atoms with Crippen molar-refractivity contribution in [3.05, 3.63) is 47.3 Å². The predicted octanol–water partition coefficient (Wildman–Crippen LogP) is 4.51. The van der Waals surface area contributed by atoms with Gasteiger partial charge in [0.25, 0.3) is 0 Å². The van der Waals surface area contributed by atoms with Gasteiger partial charge in [-0.05, 0) is 54.7 Å². The van der Waals surface area contributed by atoms with Crippen molar-refractivity contribution in [3.8, 4) is 5.75 Å². The van der Waals surface area contributed by atoms with Gasteiger partial charge < -0.3 is 10.1 Å². The molecule has 1 aromatic carbocycles. The van der Waals surface area contributed by atoms with Crippen molar-refractivity contribution in [1.29, 1.82) is 0 Å². The smallest absolute Gasteiger partial charge is 0.387 e. The number of alkyl halides is 2. The van der Waals surface area contributed by atoms with E-state index in [0.29, 0.717) is 5.65 Å².